The maximum atomic E-state index is 11.3. The number of imidazole rings is 1. The molecule has 100 valence electrons. The summed E-state index contributed by atoms with van der Waals surface area (Å²) in [6, 6.07) is 6.25. The van der Waals surface area contributed by atoms with Crippen LogP contribution in [0.15, 0.2) is 23.0 Å². The molecule has 1 aromatic heterocycles. The average Bonchev–Trinajstić information content (AvgIpc) is 3.02. The van der Waals surface area contributed by atoms with Gasteiger partial charge in [0.2, 0.25) is 0 Å². The molecule has 3 nitrogen and oxygen atoms in total. The molecule has 1 heterocycles. The first-order valence-corrected chi connectivity index (χ1v) is 8.01. The zero-order valence-corrected chi connectivity index (χ0v) is 12.2. The second-order valence-corrected chi connectivity index (χ2v) is 6.96. The van der Waals surface area contributed by atoms with Gasteiger partial charge in [0.05, 0.1) is 11.0 Å². The third kappa shape index (κ3) is 1.88. The molecule has 3 unspecified atom stereocenters. The molecular formula is C15H17BrN2O. The fourth-order valence-corrected chi connectivity index (χ4v) is 4.99. The molecule has 4 rings (SSSR count). The van der Waals surface area contributed by atoms with Crippen LogP contribution in [0.3, 0.4) is 0 Å². The Hall–Kier alpha value is -1.03. The number of aromatic nitrogens is 2. The molecule has 2 aromatic rings. The molecule has 2 aliphatic carbocycles. The fourth-order valence-electron chi connectivity index (χ4n) is 3.93. The highest BCUT2D eigenvalue weighted by Gasteiger charge is 2.53. The van der Waals surface area contributed by atoms with Crippen LogP contribution in [0.4, 0.5) is 0 Å². The van der Waals surface area contributed by atoms with E-state index in [1.807, 2.05) is 6.07 Å². The summed E-state index contributed by atoms with van der Waals surface area (Å²) in [5.74, 6) is 2.66. The topological polar surface area (TPSA) is 48.6 Å². The van der Waals surface area contributed by atoms with E-state index in [-0.39, 0.29) is 5.69 Å². The summed E-state index contributed by atoms with van der Waals surface area (Å²) in [5.41, 5.74) is 2.97. The molecule has 2 saturated carbocycles. The summed E-state index contributed by atoms with van der Waals surface area (Å²) < 4.78 is 0. The lowest BCUT2D eigenvalue weighted by Gasteiger charge is -2.10. The van der Waals surface area contributed by atoms with Gasteiger partial charge in [0.15, 0.2) is 0 Å². The van der Waals surface area contributed by atoms with Crippen LogP contribution in [-0.2, 0) is 0 Å². The lowest BCUT2D eigenvalue weighted by atomic mass is 10.0. The number of H-pyrrole nitrogens is 2. The van der Waals surface area contributed by atoms with Crippen molar-refractivity contribution in [1.82, 2.24) is 9.97 Å². The maximum absolute atomic E-state index is 11.3. The molecule has 0 saturated heterocycles. The zero-order valence-electron chi connectivity index (χ0n) is 10.7. The van der Waals surface area contributed by atoms with E-state index in [4.69, 9.17) is 0 Å². The van der Waals surface area contributed by atoms with E-state index < -0.39 is 0 Å². The van der Waals surface area contributed by atoms with Crippen molar-refractivity contribution in [3.63, 3.8) is 0 Å². The Bertz CT molecular complexity index is 662. The number of rotatable bonds is 2. The van der Waals surface area contributed by atoms with Crippen LogP contribution < -0.4 is 5.69 Å². The number of alkyl halides is 1. The molecule has 0 bridgehead atoms. The van der Waals surface area contributed by atoms with Crippen molar-refractivity contribution in [2.24, 2.45) is 17.8 Å². The standard InChI is InChI=1S/C15H17BrN2O/c16-14(13-9-3-1-2-4-10(9)13)8-5-6-11-12(7-8)18-15(19)17-11/h5-7,9-10,13-14H,1-4H2,(H2,17,18,19). The van der Waals surface area contributed by atoms with Gasteiger partial charge in [-0.25, -0.2) is 4.79 Å². The number of hydrogen-bond donors (Lipinski definition) is 2. The molecule has 19 heavy (non-hydrogen) atoms. The summed E-state index contributed by atoms with van der Waals surface area (Å²) in [4.78, 5) is 17.4. The van der Waals surface area contributed by atoms with E-state index in [9.17, 15) is 4.79 Å². The van der Waals surface area contributed by atoms with E-state index in [0.717, 1.165) is 28.8 Å². The predicted octanol–water partition coefficient (Wildman–Crippen LogP) is 3.73. The van der Waals surface area contributed by atoms with Crippen molar-refractivity contribution in [3.8, 4) is 0 Å². The van der Waals surface area contributed by atoms with Gasteiger partial charge in [-0.2, -0.15) is 0 Å². The van der Waals surface area contributed by atoms with Gasteiger partial charge < -0.3 is 9.97 Å². The first-order valence-electron chi connectivity index (χ1n) is 7.10. The Labute approximate surface area is 119 Å². The highest BCUT2D eigenvalue weighted by Crippen LogP contribution is 2.62. The Morgan fingerprint density at radius 3 is 2.53 bits per heavy atom. The Morgan fingerprint density at radius 2 is 1.79 bits per heavy atom. The molecule has 2 aliphatic rings. The van der Waals surface area contributed by atoms with E-state index in [2.05, 4.69) is 38.0 Å². The molecule has 0 amide bonds. The van der Waals surface area contributed by atoms with Crippen LogP contribution in [0, 0.1) is 17.8 Å². The molecule has 1 aromatic carbocycles. The minimum atomic E-state index is -0.127. The number of aromatic amines is 2. The van der Waals surface area contributed by atoms with Crippen molar-refractivity contribution >= 4 is 27.0 Å². The van der Waals surface area contributed by atoms with E-state index in [1.54, 1.807) is 0 Å². The largest absolute Gasteiger partial charge is 0.323 e. The fraction of sp³-hybridized carbons (Fsp3) is 0.533. The summed E-state index contributed by atoms with van der Waals surface area (Å²) >= 11 is 3.89. The van der Waals surface area contributed by atoms with Gasteiger partial charge >= 0.3 is 5.69 Å². The number of benzene rings is 1. The van der Waals surface area contributed by atoms with E-state index >= 15 is 0 Å². The van der Waals surface area contributed by atoms with Crippen LogP contribution >= 0.6 is 15.9 Å². The maximum Gasteiger partial charge on any atom is 0.323 e. The monoisotopic (exact) mass is 320 g/mol. The summed E-state index contributed by atoms with van der Waals surface area (Å²) in [6.45, 7) is 0. The van der Waals surface area contributed by atoms with Crippen LogP contribution in [0.25, 0.3) is 11.0 Å². The third-order valence-electron chi connectivity index (χ3n) is 4.92. The van der Waals surface area contributed by atoms with Gasteiger partial charge in [-0.1, -0.05) is 34.8 Å². The zero-order chi connectivity index (χ0) is 13.0. The van der Waals surface area contributed by atoms with E-state index in [0.29, 0.717) is 4.83 Å². The van der Waals surface area contributed by atoms with E-state index in [1.165, 1.54) is 31.2 Å². The number of halogens is 1. The minimum absolute atomic E-state index is 0.127. The predicted molar refractivity (Wildman–Crippen MR) is 79.5 cm³/mol. The van der Waals surface area contributed by atoms with Crippen LogP contribution in [0.1, 0.15) is 36.1 Å². The summed E-state index contributed by atoms with van der Waals surface area (Å²) in [5, 5.41) is 0. The highest BCUT2D eigenvalue weighted by molar-refractivity contribution is 9.09. The van der Waals surface area contributed by atoms with Crippen molar-refractivity contribution < 1.29 is 0 Å². The second-order valence-electron chi connectivity index (χ2n) is 5.98. The average molecular weight is 321 g/mol. The Kier molecular flexibility index (Phi) is 2.62. The SMILES string of the molecule is O=c1[nH]c2ccc(C(Br)C3C4CCCCC43)cc2[nH]1. The number of hydrogen-bond acceptors (Lipinski definition) is 1. The lowest BCUT2D eigenvalue weighted by molar-refractivity contribution is 0.480. The second kappa shape index (κ2) is 4.23. The van der Waals surface area contributed by atoms with Crippen LogP contribution in [-0.4, -0.2) is 9.97 Å². The van der Waals surface area contributed by atoms with Gasteiger partial charge in [-0.3, -0.25) is 0 Å². The smallest absolute Gasteiger partial charge is 0.306 e. The van der Waals surface area contributed by atoms with Gasteiger partial charge in [0.1, 0.15) is 0 Å². The Balaban J connectivity index is 1.64. The normalized spacial score (nSPS) is 31.1. The van der Waals surface area contributed by atoms with Gasteiger partial charge in [-0.05, 0) is 48.3 Å². The molecule has 4 heteroatoms. The highest BCUT2D eigenvalue weighted by atomic mass is 79.9. The van der Waals surface area contributed by atoms with Gasteiger partial charge in [0.25, 0.3) is 0 Å². The van der Waals surface area contributed by atoms with Crippen molar-refractivity contribution in [2.75, 3.05) is 0 Å². The molecule has 0 aliphatic heterocycles. The van der Waals surface area contributed by atoms with Gasteiger partial charge in [-0.15, -0.1) is 0 Å². The van der Waals surface area contributed by atoms with Crippen LogP contribution in [0.5, 0.6) is 0 Å². The molecule has 0 radical (unpaired) electrons. The molecular weight excluding hydrogens is 304 g/mol. The Morgan fingerprint density at radius 1 is 1.11 bits per heavy atom. The quantitative estimate of drug-likeness (QED) is 0.814. The molecule has 2 fully saturated rings. The molecule has 2 N–H and O–H groups in total. The van der Waals surface area contributed by atoms with Crippen LogP contribution in [0.2, 0.25) is 0 Å². The van der Waals surface area contributed by atoms with Crippen molar-refractivity contribution in [2.45, 2.75) is 30.5 Å². The third-order valence-corrected chi connectivity index (χ3v) is 6.06. The number of nitrogens with one attached hydrogen (secondary N) is 2. The first kappa shape index (κ1) is 11.8. The lowest BCUT2D eigenvalue weighted by Crippen LogP contribution is -1.99. The molecule has 0 spiro atoms. The molecule has 3 atom stereocenters. The van der Waals surface area contributed by atoms with Gasteiger partial charge in [0, 0.05) is 4.83 Å². The minimum Gasteiger partial charge on any atom is -0.306 e. The summed E-state index contributed by atoms with van der Waals surface area (Å²) in [7, 11) is 0. The van der Waals surface area contributed by atoms with Crippen molar-refractivity contribution in [1.29, 1.82) is 0 Å². The first-order chi connectivity index (χ1) is 9.24. The van der Waals surface area contributed by atoms with Crippen molar-refractivity contribution in [3.05, 3.63) is 34.2 Å². The summed E-state index contributed by atoms with van der Waals surface area (Å²) in [6.07, 6.45) is 5.62. The number of fused-ring (bicyclic) bond motifs is 2.